The average molecular weight is 285 g/mol. The van der Waals surface area contributed by atoms with Crippen molar-refractivity contribution in [3.8, 4) is 6.07 Å². The van der Waals surface area contributed by atoms with Crippen LogP contribution in [0, 0.1) is 17.1 Å². The summed E-state index contributed by atoms with van der Waals surface area (Å²) in [6.07, 6.45) is 0.484. The molecule has 0 aliphatic heterocycles. The maximum Gasteiger partial charge on any atom is 0.255 e. The molecular weight excluding hydrogens is 275 g/mol. The fourth-order valence-corrected chi connectivity index (χ4v) is 1.49. The Labute approximate surface area is 101 Å². The molecule has 0 bridgehead atoms. The summed E-state index contributed by atoms with van der Waals surface area (Å²) >= 11 is 3.15. The van der Waals surface area contributed by atoms with Gasteiger partial charge in [0, 0.05) is 4.47 Å². The number of benzene rings is 1. The van der Waals surface area contributed by atoms with Crippen molar-refractivity contribution in [3.05, 3.63) is 34.1 Å². The first-order chi connectivity index (χ1) is 7.58. The molecule has 1 amide bonds. The van der Waals surface area contributed by atoms with Gasteiger partial charge in [-0.3, -0.25) is 4.79 Å². The monoisotopic (exact) mass is 284 g/mol. The second-order valence-electron chi connectivity index (χ2n) is 3.19. The molecule has 3 nitrogen and oxygen atoms in total. The van der Waals surface area contributed by atoms with Crippen molar-refractivity contribution in [2.75, 3.05) is 0 Å². The Morgan fingerprint density at radius 3 is 2.94 bits per heavy atom. The van der Waals surface area contributed by atoms with Crippen molar-refractivity contribution in [1.29, 1.82) is 5.26 Å². The van der Waals surface area contributed by atoms with Crippen LogP contribution in [-0.4, -0.2) is 11.9 Å². The Bertz CT molecular complexity index is 442. The third-order valence-corrected chi connectivity index (χ3v) is 2.54. The number of nitrogens with one attached hydrogen (secondary N) is 1. The molecule has 1 rings (SSSR count). The van der Waals surface area contributed by atoms with Gasteiger partial charge >= 0.3 is 0 Å². The van der Waals surface area contributed by atoms with Gasteiger partial charge in [-0.05, 0) is 24.6 Å². The highest BCUT2D eigenvalue weighted by Gasteiger charge is 2.15. The quantitative estimate of drug-likeness (QED) is 0.928. The summed E-state index contributed by atoms with van der Waals surface area (Å²) in [6, 6.07) is 5.42. The van der Waals surface area contributed by atoms with Crippen LogP contribution in [0.15, 0.2) is 22.7 Å². The van der Waals surface area contributed by atoms with Crippen LogP contribution in [0.3, 0.4) is 0 Å². The van der Waals surface area contributed by atoms with E-state index in [0.717, 1.165) is 0 Å². The Balaban J connectivity index is 2.89. The number of hydrogen-bond acceptors (Lipinski definition) is 2. The number of nitrogens with zero attached hydrogens (tertiary/aromatic N) is 1. The molecule has 1 aromatic carbocycles. The molecule has 1 N–H and O–H groups in total. The van der Waals surface area contributed by atoms with E-state index in [0.29, 0.717) is 10.9 Å². The highest BCUT2D eigenvalue weighted by Crippen LogP contribution is 2.15. The number of amides is 1. The Hall–Kier alpha value is -1.41. The van der Waals surface area contributed by atoms with Gasteiger partial charge in [-0.25, -0.2) is 4.39 Å². The van der Waals surface area contributed by atoms with Crippen LogP contribution in [0.2, 0.25) is 0 Å². The lowest BCUT2D eigenvalue weighted by molar-refractivity contribution is 0.0940. The topological polar surface area (TPSA) is 52.9 Å². The Kier molecular flexibility index (Phi) is 4.44. The van der Waals surface area contributed by atoms with Gasteiger partial charge in [-0.1, -0.05) is 22.9 Å². The number of carbonyl (C=O) groups is 1. The van der Waals surface area contributed by atoms with E-state index < -0.39 is 17.8 Å². The minimum absolute atomic E-state index is 0.0666. The highest BCUT2D eigenvalue weighted by molar-refractivity contribution is 9.10. The van der Waals surface area contributed by atoms with Crippen LogP contribution in [0.5, 0.6) is 0 Å². The highest BCUT2D eigenvalue weighted by atomic mass is 79.9. The standard InChI is InChI=1S/C11H10BrFN2O/c1-2-8(6-14)15-11(16)9-5-7(12)3-4-10(9)13/h3-5,8H,2H2,1H3,(H,15,16). The lowest BCUT2D eigenvalue weighted by atomic mass is 10.1. The summed E-state index contributed by atoms with van der Waals surface area (Å²) in [7, 11) is 0. The number of halogens is 2. The van der Waals surface area contributed by atoms with Gasteiger partial charge in [0.25, 0.3) is 5.91 Å². The molecule has 0 spiro atoms. The van der Waals surface area contributed by atoms with Crippen molar-refractivity contribution in [3.63, 3.8) is 0 Å². The van der Waals surface area contributed by atoms with Gasteiger partial charge in [0.1, 0.15) is 11.9 Å². The third kappa shape index (κ3) is 3.04. The van der Waals surface area contributed by atoms with Crippen molar-refractivity contribution in [1.82, 2.24) is 5.32 Å². The second kappa shape index (κ2) is 5.61. The Morgan fingerprint density at radius 2 is 2.38 bits per heavy atom. The zero-order valence-electron chi connectivity index (χ0n) is 8.63. The largest absolute Gasteiger partial charge is 0.336 e. The summed E-state index contributed by atoms with van der Waals surface area (Å²) in [4.78, 5) is 11.6. The first kappa shape index (κ1) is 12.7. The molecule has 0 saturated carbocycles. The lowest BCUT2D eigenvalue weighted by Crippen LogP contribution is -2.33. The molecule has 0 radical (unpaired) electrons. The molecule has 0 fully saturated rings. The number of nitriles is 1. The summed E-state index contributed by atoms with van der Waals surface area (Å²) in [5.41, 5.74) is -0.0666. The first-order valence-corrected chi connectivity index (χ1v) is 5.53. The minimum Gasteiger partial charge on any atom is -0.336 e. The summed E-state index contributed by atoms with van der Waals surface area (Å²) in [5.74, 6) is -1.18. The first-order valence-electron chi connectivity index (χ1n) is 4.74. The molecule has 5 heteroatoms. The third-order valence-electron chi connectivity index (χ3n) is 2.04. The van der Waals surface area contributed by atoms with Crippen molar-refractivity contribution < 1.29 is 9.18 Å². The molecule has 0 aliphatic carbocycles. The van der Waals surface area contributed by atoms with Crippen molar-refractivity contribution in [2.45, 2.75) is 19.4 Å². The second-order valence-corrected chi connectivity index (χ2v) is 4.10. The fraction of sp³-hybridized carbons (Fsp3) is 0.273. The average Bonchev–Trinajstić information content (AvgIpc) is 2.28. The van der Waals surface area contributed by atoms with E-state index in [-0.39, 0.29) is 5.56 Å². The summed E-state index contributed by atoms with van der Waals surface area (Å²) < 4.78 is 13.9. The number of hydrogen-bond donors (Lipinski definition) is 1. The molecule has 0 heterocycles. The molecule has 0 aliphatic rings. The normalized spacial score (nSPS) is 11.6. The van der Waals surface area contributed by atoms with E-state index in [1.807, 2.05) is 6.07 Å². The lowest BCUT2D eigenvalue weighted by Gasteiger charge is -2.09. The minimum atomic E-state index is -0.603. The smallest absolute Gasteiger partial charge is 0.255 e. The summed E-state index contributed by atoms with van der Waals surface area (Å²) in [5, 5.41) is 11.1. The summed E-state index contributed by atoms with van der Waals surface area (Å²) in [6.45, 7) is 1.77. The molecule has 1 aromatic rings. The van der Waals surface area contributed by atoms with Gasteiger partial charge in [-0.2, -0.15) is 5.26 Å². The zero-order valence-corrected chi connectivity index (χ0v) is 10.2. The van der Waals surface area contributed by atoms with Crippen LogP contribution in [0.25, 0.3) is 0 Å². The molecular formula is C11H10BrFN2O. The number of rotatable bonds is 3. The van der Waals surface area contributed by atoms with Crippen molar-refractivity contribution in [2.24, 2.45) is 0 Å². The molecule has 0 saturated heterocycles. The van der Waals surface area contributed by atoms with Crippen LogP contribution in [-0.2, 0) is 0 Å². The van der Waals surface area contributed by atoms with E-state index in [1.54, 1.807) is 6.92 Å². The predicted molar refractivity (Wildman–Crippen MR) is 61.3 cm³/mol. The van der Waals surface area contributed by atoms with E-state index in [2.05, 4.69) is 21.2 Å². The van der Waals surface area contributed by atoms with Gasteiger partial charge in [0.2, 0.25) is 0 Å². The fourth-order valence-electron chi connectivity index (χ4n) is 1.13. The molecule has 0 aromatic heterocycles. The number of carbonyl (C=O) groups excluding carboxylic acids is 1. The SMILES string of the molecule is CCC(C#N)NC(=O)c1cc(Br)ccc1F. The predicted octanol–water partition coefficient (Wildman–Crippen LogP) is 2.62. The van der Waals surface area contributed by atoms with Crippen LogP contribution in [0.1, 0.15) is 23.7 Å². The van der Waals surface area contributed by atoms with Crippen molar-refractivity contribution >= 4 is 21.8 Å². The van der Waals surface area contributed by atoms with E-state index in [4.69, 9.17) is 5.26 Å². The van der Waals surface area contributed by atoms with E-state index in [9.17, 15) is 9.18 Å². The van der Waals surface area contributed by atoms with Crippen LogP contribution < -0.4 is 5.32 Å². The molecule has 84 valence electrons. The maximum absolute atomic E-state index is 13.3. The van der Waals surface area contributed by atoms with Crippen LogP contribution >= 0.6 is 15.9 Å². The van der Waals surface area contributed by atoms with E-state index >= 15 is 0 Å². The van der Waals surface area contributed by atoms with Gasteiger partial charge in [-0.15, -0.1) is 0 Å². The van der Waals surface area contributed by atoms with Gasteiger partial charge in [0.05, 0.1) is 11.6 Å². The molecule has 16 heavy (non-hydrogen) atoms. The molecule has 1 atom stereocenters. The van der Waals surface area contributed by atoms with Gasteiger partial charge < -0.3 is 5.32 Å². The van der Waals surface area contributed by atoms with E-state index in [1.165, 1.54) is 18.2 Å². The zero-order chi connectivity index (χ0) is 12.1. The molecule has 1 unspecified atom stereocenters. The van der Waals surface area contributed by atoms with Gasteiger partial charge in [0.15, 0.2) is 0 Å². The van der Waals surface area contributed by atoms with Crippen LogP contribution in [0.4, 0.5) is 4.39 Å². The maximum atomic E-state index is 13.3. The Morgan fingerprint density at radius 1 is 1.69 bits per heavy atom.